The first kappa shape index (κ1) is 30.7. The molecule has 0 saturated carbocycles. The number of anilines is 3. The van der Waals surface area contributed by atoms with E-state index >= 15 is 4.39 Å². The average Bonchev–Trinajstić information content (AvgIpc) is 3.03. The van der Waals surface area contributed by atoms with E-state index in [0.717, 1.165) is 6.07 Å². The first-order valence-corrected chi connectivity index (χ1v) is 14.5. The van der Waals surface area contributed by atoms with Crippen LogP contribution in [0.25, 0.3) is 33.4 Å². The molecule has 2 aromatic carbocycles. The number of fused-ring (bicyclic) bond motifs is 1. The van der Waals surface area contributed by atoms with Crippen LogP contribution in [-0.4, -0.2) is 48.4 Å². The minimum atomic E-state index is -0.759. The Morgan fingerprint density at radius 1 is 0.955 bits per heavy atom. The topological polar surface area (TPSA) is 72.4 Å². The minimum Gasteiger partial charge on any atom is -0.494 e. The lowest BCUT2D eigenvalue weighted by Crippen LogP contribution is -2.36. The van der Waals surface area contributed by atoms with Crippen molar-refractivity contribution in [3.8, 4) is 28.3 Å². The van der Waals surface area contributed by atoms with Crippen LogP contribution in [0.15, 0.2) is 67.0 Å². The molecule has 1 N–H and O–H groups in total. The second kappa shape index (κ2) is 13.7. The van der Waals surface area contributed by atoms with E-state index in [1.54, 1.807) is 43.6 Å². The van der Waals surface area contributed by atoms with Gasteiger partial charge in [-0.3, -0.25) is 4.98 Å². The molecule has 0 bridgehead atoms. The third-order valence-corrected chi connectivity index (χ3v) is 7.10. The molecule has 0 amide bonds. The Bertz CT molecular complexity index is 1760. The maximum Gasteiger partial charge on any atom is 0.165 e. The van der Waals surface area contributed by atoms with Gasteiger partial charge >= 0.3 is 0 Å². The molecule has 1 fully saturated rings. The van der Waals surface area contributed by atoms with Crippen LogP contribution in [0.2, 0.25) is 0 Å². The standard InChI is InChI=1S/C31H26F3N5O2.C3H8/c1-18-30(24-5-3-4-8-35-24)38-26-15-20(32)14-23(34)29(26)31(18)37-25-16-28(39-9-11-41-12-10-39)36-17-21(25)19-6-7-27(40-2)22(33)13-19;1-3-2/h3-8,13-17H,9-12H2,1-2H3,(H,36,37,38);3H2,1-2H3. The quantitative estimate of drug-likeness (QED) is 0.211. The smallest absolute Gasteiger partial charge is 0.165 e. The number of pyridine rings is 3. The number of hydrogen-bond donors (Lipinski definition) is 1. The Morgan fingerprint density at radius 3 is 2.41 bits per heavy atom. The third-order valence-electron chi connectivity index (χ3n) is 7.10. The summed E-state index contributed by atoms with van der Waals surface area (Å²) in [6, 6.07) is 13.9. The zero-order valence-electron chi connectivity index (χ0n) is 25.1. The monoisotopic (exact) mass is 601 g/mol. The predicted molar refractivity (Wildman–Crippen MR) is 168 cm³/mol. The van der Waals surface area contributed by atoms with E-state index in [0.29, 0.717) is 71.6 Å². The molecule has 1 aliphatic heterocycles. The molecule has 0 spiro atoms. The highest BCUT2D eigenvalue weighted by molar-refractivity contribution is 5.99. The fourth-order valence-corrected chi connectivity index (χ4v) is 5.03. The van der Waals surface area contributed by atoms with Gasteiger partial charge in [0, 0.05) is 54.8 Å². The van der Waals surface area contributed by atoms with Crippen molar-refractivity contribution in [2.75, 3.05) is 43.6 Å². The van der Waals surface area contributed by atoms with Crippen molar-refractivity contribution in [3.63, 3.8) is 0 Å². The molecule has 0 unspecified atom stereocenters. The molecule has 5 aromatic rings. The van der Waals surface area contributed by atoms with E-state index in [1.165, 1.54) is 25.7 Å². The fourth-order valence-electron chi connectivity index (χ4n) is 5.03. The number of morpholine rings is 1. The summed E-state index contributed by atoms with van der Waals surface area (Å²) in [7, 11) is 1.40. The molecule has 44 heavy (non-hydrogen) atoms. The maximum atomic E-state index is 15.4. The van der Waals surface area contributed by atoms with Crippen molar-refractivity contribution < 1.29 is 22.6 Å². The van der Waals surface area contributed by atoms with Crippen molar-refractivity contribution >= 4 is 28.1 Å². The fraction of sp³-hybridized carbons (Fsp3) is 0.265. The molecule has 10 heteroatoms. The maximum absolute atomic E-state index is 15.4. The van der Waals surface area contributed by atoms with Crippen LogP contribution in [0.1, 0.15) is 25.8 Å². The number of benzene rings is 2. The van der Waals surface area contributed by atoms with Gasteiger partial charge in [-0.2, -0.15) is 0 Å². The number of nitrogens with one attached hydrogen (secondary N) is 1. The Labute approximate surface area is 254 Å². The second-order valence-corrected chi connectivity index (χ2v) is 10.3. The van der Waals surface area contributed by atoms with Crippen molar-refractivity contribution in [2.45, 2.75) is 27.2 Å². The largest absolute Gasteiger partial charge is 0.494 e. The van der Waals surface area contributed by atoms with Gasteiger partial charge in [-0.15, -0.1) is 0 Å². The molecular formula is C34H34F3N5O2. The van der Waals surface area contributed by atoms with E-state index in [-0.39, 0.29) is 16.7 Å². The summed E-state index contributed by atoms with van der Waals surface area (Å²) in [5.74, 6) is -1.23. The summed E-state index contributed by atoms with van der Waals surface area (Å²) < 4.78 is 55.1. The van der Waals surface area contributed by atoms with Crippen LogP contribution in [0.3, 0.4) is 0 Å². The number of hydrogen-bond acceptors (Lipinski definition) is 7. The molecule has 1 aliphatic rings. The minimum absolute atomic E-state index is 0.112. The van der Waals surface area contributed by atoms with E-state index in [9.17, 15) is 8.78 Å². The highest BCUT2D eigenvalue weighted by atomic mass is 19.1. The summed E-state index contributed by atoms with van der Waals surface area (Å²) in [6.45, 7) is 8.48. The van der Waals surface area contributed by atoms with Crippen LogP contribution >= 0.6 is 0 Å². The van der Waals surface area contributed by atoms with Crippen LogP contribution in [-0.2, 0) is 4.74 Å². The predicted octanol–water partition coefficient (Wildman–Crippen LogP) is 8.09. The van der Waals surface area contributed by atoms with E-state index < -0.39 is 17.5 Å². The summed E-state index contributed by atoms with van der Waals surface area (Å²) in [6.07, 6.45) is 4.54. The zero-order chi connectivity index (χ0) is 31.2. The lowest BCUT2D eigenvalue weighted by molar-refractivity contribution is 0.122. The highest BCUT2D eigenvalue weighted by Gasteiger charge is 2.21. The van der Waals surface area contributed by atoms with Gasteiger partial charge in [-0.1, -0.05) is 32.4 Å². The van der Waals surface area contributed by atoms with E-state index in [1.807, 2.05) is 12.1 Å². The molecule has 0 aliphatic carbocycles. The number of ether oxygens (including phenoxy) is 2. The van der Waals surface area contributed by atoms with Crippen LogP contribution in [0.4, 0.5) is 30.4 Å². The van der Waals surface area contributed by atoms with Crippen molar-refractivity contribution in [1.29, 1.82) is 0 Å². The van der Waals surface area contributed by atoms with E-state index in [4.69, 9.17) is 9.47 Å². The van der Waals surface area contributed by atoms with Gasteiger partial charge in [0.25, 0.3) is 0 Å². The number of methoxy groups -OCH3 is 1. The van der Waals surface area contributed by atoms with Crippen LogP contribution in [0, 0.1) is 24.4 Å². The first-order chi connectivity index (χ1) is 21.3. The number of nitrogens with zero attached hydrogens (tertiary/aromatic N) is 4. The summed E-state index contributed by atoms with van der Waals surface area (Å²) in [5, 5.41) is 3.52. The normalized spacial score (nSPS) is 12.9. The lowest BCUT2D eigenvalue weighted by atomic mass is 10.0. The number of aromatic nitrogens is 3. The molecule has 0 radical (unpaired) electrons. The molecule has 6 rings (SSSR count). The van der Waals surface area contributed by atoms with E-state index in [2.05, 4.69) is 39.0 Å². The third kappa shape index (κ3) is 6.45. The first-order valence-electron chi connectivity index (χ1n) is 14.5. The SMILES string of the molecule is CCC.COc1ccc(-c2cnc(N3CCOCC3)cc2Nc2c(C)c(-c3ccccn3)nc3cc(F)cc(F)c23)cc1F. The molecule has 228 valence electrons. The van der Waals surface area contributed by atoms with Gasteiger partial charge in [-0.05, 0) is 36.8 Å². The van der Waals surface area contributed by atoms with Gasteiger partial charge < -0.3 is 19.7 Å². The summed E-state index contributed by atoms with van der Waals surface area (Å²) >= 11 is 0. The Kier molecular flexibility index (Phi) is 9.59. The Hall–Kier alpha value is -4.70. The second-order valence-electron chi connectivity index (χ2n) is 10.3. The van der Waals surface area contributed by atoms with Crippen molar-refractivity contribution in [1.82, 2.24) is 15.0 Å². The Balaban J connectivity index is 0.00000123. The summed E-state index contributed by atoms with van der Waals surface area (Å²) in [4.78, 5) is 15.8. The van der Waals surface area contributed by atoms with Gasteiger partial charge in [0.05, 0.1) is 54.0 Å². The van der Waals surface area contributed by atoms with Gasteiger partial charge in [0.1, 0.15) is 17.5 Å². The summed E-state index contributed by atoms with van der Waals surface area (Å²) in [5.41, 5.74) is 3.84. The lowest BCUT2D eigenvalue weighted by Gasteiger charge is -2.28. The molecule has 3 aromatic heterocycles. The van der Waals surface area contributed by atoms with Gasteiger partial charge in [0.15, 0.2) is 11.6 Å². The molecule has 1 saturated heterocycles. The molecule has 0 atom stereocenters. The van der Waals surface area contributed by atoms with Crippen LogP contribution < -0.4 is 15.0 Å². The van der Waals surface area contributed by atoms with Crippen molar-refractivity contribution in [2.24, 2.45) is 0 Å². The molecule has 7 nitrogen and oxygen atoms in total. The average molecular weight is 602 g/mol. The van der Waals surface area contributed by atoms with Gasteiger partial charge in [-0.25, -0.2) is 23.1 Å². The molecule has 4 heterocycles. The highest BCUT2D eigenvalue weighted by Crippen LogP contribution is 2.40. The number of halogens is 3. The van der Waals surface area contributed by atoms with Crippen molar-refractivity contribution in [3.05, 3.63) is 90.0 Å². The van der Waals surface area contributed by atoms with Crippen LogP contribution in [0.5, 0.6) is 5.75 Å². The zero-order valence-corrected chi connectivity index (χ0v) is 25.1. The molecular weight excluding hydrogens is 567 g/mol. The number of rotatable bonds is 6. The van der Waals surface area contributed by atoms with Gasteiger partial charge in [0.2, 0.25) is 0 Å². The Morgan fingerprint density at radius 2 is 1.73 bits per heavy atom.